The van der Waals surface area contributed by atoms with Gasteiger partial charge in [-0.3, -0.25) is 0 Å². The molecule has 72 valence electrons. The van der Waals surface area contributed by atoms with E-state index in [9.17, 15) is 0 Å². The zero-order valence-corrected chi connectivity index (χ0v) is 8.64. The van der Waals surface area contributed by atoms with Crippen LogP contribution in [0.1, 0.15) is 0 Å². The molecule has 2 heterocycles. The summed E-state index contributed by atoms with van der Waals surface area (Å²) in [5, 5.41) is 1.83. The fourth-order valence-electron chi connectivity index (χ4n) is 0.909. The molecule has 14 heavy (non-hydrogen) atoms. The minimum absolute atomic E-state index is 0.424. The molecule has 4 nitrogen and oxygen atoms in total. The third-order valence-corrected chi connectivity index (χ3v) is 2.67. The van der Waals surface area contributed by atoms with Crippen LogP contribution in [0.3, 0.4) is 0 Å². The Hall–Kier alpha value is -1.20. The molecule has 2 aromatic rings. The van der Waals surface area contributed by atoms with E-state index < -0.39 is 0 Å². The summed E-state index contributed by atoms with van der Waals surface area (Å²) in [5.74, 6) is 0. The molecule has 2 aromatic heterocycles. The van der Waals surface area contributed by atoms with Crippen LogP contribution in [0.2, 0.25) is 5.15 Å². The summed E-state index contributed by atoms with van der Waals surface area (Å²) in [7, 11) is 0. The van der Waals surface area contributed by atoms with Gasteiger partial charge in [-0.05, 0) is 23.9 Å². The van der Waals surface area contributed by atoms with Crippen molar-refractivity contribution >= 4 is 29.1 Å². The highest BCUT2D eigenvalue weighted by molar-refractivity contribution is 7.99. The molecule has 0 aliphatic heterocycles. The molecule has 0 radical (unpaired) electrons. The van der Waals surface area contributed by atoms with E-state index in [-0.39, 0.29) is 0 Å². The van der Waals surface area contributed by atoms with E-state index >= 15 is 0 Å². The minimum atomic E-state index is 0.424. The number of halogens is 1. The number of nitrogens with two attached hydrogens (primary N) is 1. The summed E-state index contributed by atoms with van der Waals surface area (Å²) in [6, 6.07) is 3.38. The highest BCUT2D eigenvalue weighted by Gasteiger charge is 2.05. The number of aromatic nitrogens is 3. The van der Waals surface area contributed by atoms with Crippen molar-refractivity contribution in [2.24, 2.45) is 0 Å². The molecule has 0 unspecified atom stereocenters. The number of hydrogen-bond donors (Lipinski definition) is 2. The Morgan fingerprint density at radius 1 is 1.43 bits per heavy atom. The van der Waals surface area contributed by atoms with Crippen molar-refractivity contribution in [1.29, 1.82) is 0 Å². The molecule has 0 aromatic carbocycles. The van der Waals surface area contributed by atoms with E-state index in [1.54, 1.807) is 24.5 Å². The van der Waals surface area contributed by atoms with Crippen LogP contribution in [0.15, 0.2) is 34.7 Å². The number of aromatic amines is 1. The highest BCUT2D eigenvalue weighted by atomic mass is 35.5. The molecule has 0 atom stereocenters. The molecular weight excluding hydrogens is 220 g/mol. The maximum Gasteiger partial charge on any atom is 0.171 e. The van der Waals surface area contributed by atoms with Gasteiger partial charge in [-0.1, -0.05) is 11.6 Å². The number of nitrogen functional groups attached to an aromatic ring is 1. The van der Waals surface area contributed by atoms with E-state index in [2.05, 4.69) is 15.0 Å². The molecule has 0 aliphatic carbocycles. The van der Waals surface area contributed by atoms with Gasteiger partial charge in [0, 0.05) is 12.4 Å². The van der Waals surface area contributed by atoms with Crippen LogP contribution in [0, 0.1) is 0 Å². The van der Waals surface area contributed by atoms with Gasteiger partial charge >= 0.3 is 0 Å². The Morgan fingerprint density at radius 3 is 3.00 bits per heavy atom. The van der Waals surface area contributed by atoms with Crippen molar-refractivity contribution in [2.75, 3.05) is 5.73 Å². The summed E-state index contributed by atoms with van der Waals surface area (Å²) < 4.78 is 0. The number of nitrogens with zero attached hydrogens (tertiary/aromatic N) is 2. The smallest absolute Gasteiger partial charge is 0.171 e. The predicted molar refractivity (Wildman–Crippen MR) is 56.4 cm³/mol. The molecule has 0 amide bonds. The Kier molecular flexibility index (Phi) is 2.60. The van der Waals surface area contributed by atoms with Gasteiger partial charge < -0.3 is 10.7 Å². The van der Waals surface area contributed by atoms with Crippen LogP contribution in [0.5, 0.6) is 0 Å². The Bertz CT molecular complexity index is 429. The second kappa shape index (κ2) is 3.89. The number of rotatable bonds is 2. The van der Waals surface area contributed by atoms with Crippen LogP contribution in [0.25, 0.3) is 0 Å². The van der Waals surface area contributed by atoms with Gasteiger partial charge in [-0.15, -0.1) is 0 Å². The van der Waals surface area contributed by atoms with Crippen molar-refractivity contribution in [1.82, 2.24) is 15.0 Å². The van der Waals surface area contributed by atoms with Gasteiger partial charge in [0.1, 0.15) is 10.2 Å². The first kappa shape index (κ1) is 9.36. The topological polar surface area (TPSA) is 67.6 Å². The largest absolute Gasteiger partial charge is 0.397 e. The molecule has 0 saturated carbocycles. The molecule has 0 spiro atoms. The molecule has 0 bridgehead atoms. The summed E-state index contributed by atoms with van der Waals surface area (Å²) in [6.07, 6.45) is 3.41. The van der Waals surface area contributed by atoms with Crippen molar-refractivity contribution < 1.29 is 0 Å². The fraction of sp³-hybridized carbons (Fsp3) is 0. The first-order valence-corrected chi connectivity index (χ1v) is 5.04. The molecular formula is C8H7ClN4S. The number of anilines is 1. The quantitative estimate of drug-likeness (QED) is 0.771. The lowest BCUT2D eigenvalue weighted by molar-refractivity contribution is 1.04. The normalized spacial score (nSPS) is 10.4. The van der Waals surface area contributed by atoms with Crippen molar-refractivity contribution in [3.8, 4) is 0 Å². The fourth-order valence-corrected chi connectivity index (χ4v) is 1.86. The Labute approximate surface area is 89.9 Å². The van der Waals surface area contributed by atoms with Crippen LogP contribution in [-0.4, -0.2) is 15.0 Å². The Morgan fingerprint density at radius 2 is 2.29 bits per heavy atom. The van der Waals surface area contributed by atoms with Gasteiger partial charge in [-0.2, -0.15) is 0 Å². The first-order valence-electron chi connectivity index (χ1n) is 3.85. The lowest BCUT2D eigenvalue weighted by Crippen LogP contribution is -1.92. The number of hydrogen-bond acceptors (Lipinski definition) is 4. The number of pyridine rings is 1. The molecule has 0 aliphatic rings. The standard InChI is InChI=1S/C8H7ClN4S/c9-6-2-1-5(10)7(13-6)14-8-11-3-4-12-8/h1-4H,10H2,(H,11,12). The summed E-state index contributed by atoms with van der Waals surface area (Å²) in [4.78, 5) is 11.1. The molecule has 0 saturated heterocycles. The van der Waals surface area contributed by atoms with Crippen LogP contribution in [-0.2, 0) is 0 Å². The molecule has 6 heteroatoms. The minimum Gasteiger partial charge on any atom is -0.397 e. The average Bonchev–Trinajstić information content (AvgIpc) is 2.64. The summed E-state index contributed by atoms with van der Waals surface area (Å²) in [6.45, 7) is 0. The lowest BCUT2D eigenvalue weighted by Gasteiger charge is -2.01. The SMILES string of the molecule is Nc1ccc(Cl)nc1Sc1ncc[nH]1. The lowest BCUT2D eigenvalue weighted by atomic mass is 10.4. The second-order valence-electron chi connectivity index (χ2n) is 2.52. The van der Waals surface area contributed by atoms with Gasteiger partial charge in [0.2, 0.25) is 0 Å². The van der Waals surface area contributed by atoms with Crippen molar-refractivity contribution in [2.45, 2.75) is 10.2 Å². The summed E-state index contributed by atoms with van der Waals surface area (Å²) in [5.41, 5.74) is 6.32. The molecule has 2 rings (SSSR count). The predicted octanol–water partition coefficient (Wildman–Crippen LogP) is 2.19. The third-order valence-electron chi connectivity index (χ3n) is 1.52. The van der Waals surface area contributed by atoms with E-state index in [1.807, 2.05) is 0 Å². The van der Waals surface area contributed by atoms with E-state index in [0.29, 0.717) is 15.9 Å². The number of imidazole rings is 1. The monoisotopic (exact) mass is 226 g/mol. The van der Waals surface area contributed by atoms with Gasteiger partial charge in [0.25, 0.3) is 0 Å². The number of nitrogens with one attached hydrogen (secondary N) is 1. The first-order chi connectivity index (χ1) is 6.75. The second-order valence-corrected chi connectivity index (χ2v) is 3.89. The van der Waals surface area contributed by atoms with E-state index in [1.165, 1.54) is 11.8 Å². The summed E-state index contributed by atoms with van der Waals surface area (Å²) >= 11 is 7.09. The van der Waals surface area contributed by atoms with E-state index in [0.717, 1.165) is 5.16 Å². The van der Waals surface area contributed by atoms with Crippen LogP contribution >= 0.6 is 23.4 Å². The molecule has 3 N–H and O–H groups in total. The van der Waals surface area contributed by atoms with Crippen molar-refractivity contribution in [3.63, 3.8) is 0 Å². The zero-order chi connectivity index (χ0) is 9.97. The zero-order valence-electron chi connectivity index (χ0n) is 7.07. The van der Waals surface area contributed by atoms with Gasteiger partial charge in [-0.25, -0.2) is 9.97 Å². The number of H-pyrrole nitrogens is 1. The average molecular weight is 227 g/mol. The van der Waals surface area contributed by atoms with Gasteiger partial charge in [0.15, 0.2) is 5.16 Å². The van der Waals surface area contributed by atoms with Crippen LogP contribution < -0.4 is 5.73 Å². The van der Waals surface area contributed by atoms with Crippen molar-refractivity contribution in [3.05, 3.63) is 29.7 Å². The highest BCUT2D eigenvalue weighted by Crippen LogP contribution is 2.28. The third kappa shape index (κ3) is 2.00. The maximum absolute atomic E-state index is 5.75. The maximum atomic E-state index is 5.75. The van der Waals surface area contributed by atoms with Gasteiger partial charge in [0.05, 0.1) is 5.69 Å². The van der Waals surface area contributed by atoms with E-state index in [4.69, 9.17) is 17.3 Å². The van der Waals surface area contributed by atoms with Crippen LogP contribution in [0.4, 0.5) is 5.69 Å². The molecule has 0 fully saturated rings. The Balaban J connectivity index is 2.28.